The van der Waals surface area contributed by atoms with Crippen LogP contribution in [-0.4, -0.2) is 88.0 Å². The first-order valence-corrected chi connectivity index (χ1v) is 13.6. The molecule has 10 nitrogen and oxygen atoms in total. The van der Waals surface area contributed by atoms with Gasteiger partial charge in [-0.15, -0.1) is 23.4 Å². The summed E-state index contributed by atoms with van der Waals surface area (Å²) in [7, 11) is 0. The van der Waals surface area contributed by atoms with Crippen molar-refractivity contribution in [3.8, 4) is 0 Å². The van der Waals surface area contributed by atoms with Crippen LogP contribution in [0.2, 0.25) is 0 Å². The number of aliphatic hydroxyl groups excluding tert-OH is 1. The minimum Gasteiger partial charge on any atom is -0.481 e. The second-order valence-corrected chi connectivity index (χ2v) is 12.2. The number of carbonyl (C=O) groups excluding carboxylic acids is 2. The number of para-hydroxylation sites is 1. The molecule has 1 aromatic heterocycles. The van der Waals surface area contributed by atoms with Gasteiger partial charge in [0, 0.05) is 11.8 Å². The lowest BCUT2D eigenvalue weighted by Gasteiger charge is -2.42. The average molecular weight is 528 g/mol. The second kappa shape index (κ2) is 9.43. The molecule has 4 heterocycles. The predicted octanol–water partition coefficient (Wildman–Crippen LogP) is 1.84. The zero-order valence-electron chi connectivity index (χ0n) is 21.2. The standard InChI is InChI=1S/C26H33N5O5S/c1-5-10-29(13-30-17-9-7-6-8-16(17)27-28-30)24(34)22-26-15(4)11-19(37-26)20(25(35)36)21(26)23(33)31(22)18(12-32)14(2)3/h5-9,14-15,18-22,32H,1,10-13H2,2-4H3,(H,35,36)/t15?,18-,19+,20-,21-,22?,26?/m0/s1. The molecule has 2 aromatic rings. The Morgan fingerprint density at radius 2 is 2.08 bits per heavy atom. The summed E-state index contributed by atoms with van der Waals surface area (Å²) >= 11 is 1.49. The van der Waals surface area contributed by atoms with E-state index in [4.69, 9.17) is 0 Å². The predicted molar refractivity (Wildman–Crippen MR) is 138 cm³/mol. The highest BCUT2D eigenvalue weighted by Crippen LogP contribution is 2.69. The van der Waals surface area contributed by atoms with Gasteiger partial charge in [-0.05, 0) is 30.4 Å². The Balaban J connectivity index is 1.60. The molecule has 2 N–H and O–H groups in total. The Bertz CT molecular complexity index is 1250. The van der Waals surface area contributed by atoms with Crippen molar-refractivity contribution in [3.05, 3.63) is 36.9 Å². The first-order valence-electron chi connectivity index (χ1n) is 12.7. The number of likely N-dealkylation sites (tertiary alicyclic amines) is 1. The van der Waals surface area contributed by atoms with Crippen LogP contribution in [0.25, 0.3) is 11.0 Å². The summed E-state index contributed by atoms with van der Waals surface area (Å²) in [6, 6.07) is 5.94. The number of aliphatic hydroxyl groups is 1. The van der Waals surface area contributed by atoms with Crippen LogP contribution in [0.15, 0.2) is 36.9 Å². The lowest BCUT2D eigenvalue weighted by molar-refractivity contribution is -0.150. The third-order valence-electron chi connectivity index (χ3n) is 8.40. The Labute approximate surface area is 219 Å². The summed E-state index contributed by atoms with van der Waals surface area (Å²) in [4.78, 5) is 44.0. The smallest absolute Gasteiger partial charge is 0.308 e. The molecule has 198 valence electrons. The van der Waals surface area contributed by atoms with Crippen LogP contribution in [0.3, 0.4) is 0 Å². The Morgan fingerprint density at radius 1 is 1.35 bits per heavy atom. The van der Waals surface area contributed by atoms with Crippen LogP contribution < -0.4 is 0 Å². The zero-order chi connectivity index (χ0) is 26.6. The average Bonchev–Trinajstić information content (AvgIpc) is 3.57. The molecule has 2 bridgehead atoms. The van der Waals surface area contributed by atoms with Crippen molar-refractivity contribution in [1.29, 1.82) is 0 Å². The van der Waals surface area contributed by atoms with E-state index < -0.39 is 34.6 Å². The molecular formula is C26H33N5O5S. The first kappa shape index (κ1) is 25.7. The number of rotatable bonds is 9. The SMILES string of the molecule is C=CCN(Cn1nnc2ccccc21)C(=O)C1N([C@@H](CO)C(C)C)C(=O)[C@@H]2[C@@H](C(=O)O)[C@H]3CC(C)C12S3. The third-order valence-corrected chi connectivity index (χ3v) is 10.5. The molecule has 7 atom stereocenters. The van der Waals surface area contributed by atoms with Gasteiger partial charge in [-0.2, -0.15) is 0 Å². The van der Waals surface area contributed by atoms with Gasteiger partial charge in [0.2, 0.25) is 11.8 Å². The van der Waals surface area contributed by atoms with Crippen molar-refractivity contribution in [3.63, 3.8) is 0 Å². The van der Waals surface area contributed by atoms with Crippen molar-refractivity contribution in [1.82, 2.24) is 24.8 Å². The van der Waals surface area contributed by atoms with Gasteiger partial charge < -0.3 is 20.0 Å². The van der Waals surface area contributed by atoms with Gasteiger partial charge in [-0.1, -0.05) is 44.2 Å². The normalized spacial score (nSPS) is 31.2. The van der Waals surface area contributed by atoms with E-state index in [0.29, 0.717) is 11.9 Å². The molecular weight excluding hydrogens is 494 g/mol. The fourth-order valence-corrected chi connectivity index (χ4v) is 9.12. The molecule has 3 aliphatic rings. The number of carboxylic acid groups (broad SMARTS) is 1. The lowest BCUT2D eigenvalue weighted by atomic mass is 9.66. The maximum absolute atomic E-state index is 14.5. The second-order valence-electron chi connectivity index (χ2n) is 10.7. The van der Waals surface area contributed by atoms with Gasteiger partial charge in [0.15, 0.2) is 0 Å². The number of hydrogen-bond donors (Lipinski definition) is 2. The molecule has 5 rings (SSSR count). The molecule has 2 amide bonds. The van der Waals surface area contributed by atoms with Crippen LogP contribution in [0, 0.1) is 23.7 Å². The summed E-state index contributed by atoms with van der Waals surface area (Å²) < 4.78 is 0.760. The lowest BCUT2D eigenvalue weighted by Crippen LogP contribution is -2.60. The van der Waals surface area contributed by atoms with Gasteiger partial charge >= 0.3 is 5.97 Å². The van der Waals surface area contributed by atoms with Crippen LogP contribution in [0.4, 0.5) is 0 Å². The number of thioether (sulfide) groups is 1. The molecule has 1 spiro atoms. The molecule has 0 saturated carbocycles. The molecule has 0 radical (unpaired) electrons. The quantitative estimate of drug-likeness (QED) is 0.473. The number of carboxylic acids is 1. The highest BCUT2D eigenvalue weighted by Gasteiger charge is 2.77. The molecule has 37 heavy (non-hydrogen) atoms. The van der Waals surface area contributed by atoms with Gasteiger partial charge in [-0.3, -0.25) is 14.4 Å². The summed E-state index contributed by atoms with van der Waals surface area (Å²) in [6.07, 6.45) is 2.26. The molecule has 3 aliphatic heterocycles. The van der Waals surface area contributed by atoms with Crippen LogP contribution >= 0.6 is 11.8 Å². The minimum absolute atomic E-state index is 0.0460. The number of aliphatic carboxylic acids is 1. The molecule has 3 saturated heterocycles. The monoisotopic (exact) mass is 527 g/mol. The van der Waals surface area contributed by atoms with Crippen LogP contribution in [0.5, 0.6) is 0 Å². The largest absolute Gasteiger partial charge is 0.481 e. The first-order chi connectivity index (χ1) is 17.7. The van der Waals surface area contributed by atoms with Gasteiger partial charge in [0.25, 0.3) is 0 Å². The Hall–Kier alpha value is -2.92. The van der Waals surface area contributed by atoms with Crippen LogP contribution in [0.1, 0.15) is 27.2 Å². The summed E-state index contributed by atoms with van der Waals surface area (Å²) in [6.45, 7) is 9.64. The van der Waals surface area contributed by atoms with Crippen molar-refractivity contribution in [2.75, 3.05) is 13.2 Å². The fraction of sp³-hybridized carbons (Fsp3) is 0.577. The van der Waals surface area contributed by atoms with E-state index in [1.807, 2.05) is 45.0 Å². The maximum Gasteiger partial charge on any atom is 0.308 e. The van der Waals surface area contributed by atoms with E-state index in [1.54, 1.807) is 15.7 Å². The van der Waals surface area contributed by atoms with E-state index in [1.165, 1.54) is 16.7 Å². The van der Waals surface area contributed by atoms with Crippen molar-refractivity contribution in [2.45, 2.75) is 55.9 Å². The number of carbonyl (C=O) groups is 3. The van der Waals surface area contributed by atoms with E-state index in [-0.39, 0.29) is 48.7 Å². The summed E-state index contributed by atoms with van der Waals surface area (Å²) in [5.41, 5.74) is 1.47. The number of aromatic nitrogens is 3. The molecule has 0 aliphatic carbocycles. The number of fused-ring (bicyclic) bond motifs is 2. The van der Waals surface area contributed by atoms with Crippen molar-refractivity contribution in [2.24, 2.45) is 23.7 Å². The molecule has 3 fully saturated rings. The van der Waals surface area contributed by atoms with E-state index in [0.717, 1.165) is 5.52 Å². The van der Waals surface area contributed by atoms with Crippen LogP contribution in [-0.2, 0) is 21.1 Å². The Morgan fingerprint density at radius 3 is 2.73 bits per heavy atom. The highest BCUT2D eigenvalue weighted by molar-refractivity contribution is 8.02. The minimum atomic E-state index is -1.00. The van der Waals surface area contributed by atoms with Gasteiger partial charge in [0.05, 0.1) is 34.7 Å². The number of hydrogen-bond acceptors (Lipinski definition) is 7. The number of nitrogens with zero attached hydrogens (tertiary/aromatic N) is 5. The van der Waals surface area contributed by atoms with Gasteiger partial charge in [-0.25, -0.2) is 4.68 Å². The van der Waals surface area contributed by atoms with Crippen molar-refractivity contribution >= 4 is 40.6 Å². The maximum atomic E-state index is 14.5. The zero-order valence-corrected chi connectivity index (χ0v) is 22.0. The van der Waals surface area contributed by atoms with E-state index >= 15 is 0 Å². The summed E-state index contributed by atoms with van der Waals surface area (Å²) in [5.74, 6) is -3.48. The highest BCUT2D eigenvalue weighted by atomic mass is 32.2. The Kier molecular flexibility index (Phi) is 6.56. The molecule has 1 aromatic carbocycles. The molecule has 3 unspecified atom stereocenters. The van der Waals surface area contributed by atoms with E-state index in [9.17, 15) is 24.6 Å². The fourth-order valence-electron chi connectivity index (χ4n) is 6.73. The third kappa shape index (κ3) is 3.69. The van der Waals surface area contributed by atoms with Gasteiger partial charge in [0.1, 0.15) is 18.2 Å². The topological polar surface area (TPSA) is 129 Å². The molecule has 11 heteroatoms. The van der Waals surface area contributed by atoms with Crippen molar-refractivity contribution < 1.29 is 24.6 Å². The van der Waals surface area contributed by atoms with E-state index in [2.05, 4.69) is 16.9 Å². The number of amides is 2. The number of benzene rings is 1. The summed E-state index contributed by atoms with van der Waals surface area (Å²) in [5, 5.41) is 28.6.